The first kappa shape index (κ1) is 14.5. The molecule has 1 atom stereocenters. The van der Waals surface area contributed by atoms with Gasteiger partial charge in [-0.1, -0.05) is 22.9 Å². The van der Waals surface area contributed by atoms with E-state index in [1.54, 1.807) is 0 Å². The van der Waals surface area contributed by atoms with Gasteiger partial charge in [0.15, 0.2) is 0 Å². The number of aryl methyl sites for hydroxylation is 2. The molecule has 2 rings (SSSR count). The quantitative estimate of drug-likeness (QED) is 0.922. The number of anilines is 1. The minimum absolute atomic E-state index is 0.0117. The maximum absolute atomic E-state index is 12.5. The number of carbonyl (C=O) groups is 1. The Bertz CT molecular complexity index is 464. The predicted octanol–water partition coefficient (Wildman–Crippen LogP) is 3.17. The summed E-state index contributed by atoms with van der Waals surface area (Å²) in [6, 6.07) is 4.13. The van der Waals surface area contributed by atoms with Gasteiger partial charge in [-0.25, -0.2) is 0 Å². The van der Waals surface area contributed by atoms with E-state index in [0.29, 0.717) is 0 Å². The molecule has 104 valence electrons. The third-order valence-corrected chi connectivity index (χ3v) is 4.03. The molecule has 1 aromatic carbocycles. The topological polar surface area (TPSA) is 32.3 Å². The first-order valence-electron chi connectivity index (χ1n) is 6.86. The molecule has 0 aliphatic carbocycles. The Morgan fingerprint density at radius 1 is 1.37 bits per heavy atom. The molecule has 1 aliphatic rings. The molecule has 1 unspecified atom stereocenters. The van der Waals surface area contributed by atoms with Crippen molar-refractivity contribution < 1.29 is 4.79 Å². The van der Waals surface area contributed by atoms with Crippen molar-refractivity contribution in [1.29, 1.82) is 0 Å². The second-order valence-corrected chi connectivity index (χ2v) is 6.09. The van der Waals surface area contributed by atoms with Crippen LogP contribution in [0.2, 0.25) is 0 Å². The van der Waals surface area contributed by atoms with E-state index < -0.39 is 0 Å². The zero-order valence-electron chi connectivity index (χ0n) is 11.8. The number of amides is 1. The maximum atomic E-state index is 12.5. The summed E-state index contributed by atoms with van der Waals surface area (Å²) in [6.07, 6.45) is 1.95. The second kappa shape index (κ2) is 6.06. The number of halogens is 1. The number of hydrogen-bond donors (Lipinski definition) is 1. The van der Waals surface area contributed by atoms with Crippen molar-refractivity contribution in [2.45, 2.75) is 39.7 Å². The molecule has 0 aromatic heterocycles. The SMILES string of the molecule is CCCNC1CCN(c2c(C)cc(Br)cc2C)C1=O. The van der Waals surface area contributed by atoms with E-state index in [1.807, 2.05) is 4.90 Å². The molecular weight excluding hydrogens is 304 g/mol. The third kappa shape index (κ3) is 3.00. The number of rotatable bonds is 4. The molecule has 1 amide bonds. The first-order chi connectivity index (χ1) is 9.04. The van der Waals surface area contributed by atoms with Crippen LogP contribution in [0.5, 0.6) is 0 Å². The summed E-state index contributed by atoms with van der Waals surface area (Å²) in [6.45, 7) is 7.96. The smallest absolute Gasteiger partial charge is 0.244 e. The Morgan fingerprint density at radius 3 is 2.58 bits per heavy atom. The monoisotopic (exact) mass is 324 g/mol. The summed E-state index contributed by atoms with van der Waals surface area (Å²) in [5, 5.41) is 3.33. The molecule has 0 bridgehead atoms. The normalized spacial score (nSPS) is 19.3. The van der Waals surface area contributed by atoms with Crippen molar-refractivity contribution in [3.8, 4) is 0 Å². The molecule has 0 saturated carbocycles. The fraction of sp³-hybridized carbons (Fsp3) is 0.533. The molecule has 1 heterocycles. The van der Waals surface area contributed by atoms with Gasteiger partial charge in [0.05, 0.1) is 6.04 Å². The number of benzene rings is 1. The summed E-state index contributed by atoms with van der Waals surface area (Å²) in [4.78, 5) is 14.4. The van der Waals surface area contributed by atoms with Crippen molar-refractivity contribution in [1.82, 2.24) is 5.32 Å². The van der Waals surface area contributed by atoms with Crippen LogP contribution in [-0.2, 0) is 4.79 Å². The van der Waals surface area contributed by atoms with Crippen molar-refractivity contribution in [2.75, 3.05) is 18.0 Å². The maximum Gasteiger partial charge on any atom is 0.244 e. The van der Waals surface area contributed by atoms with Crippen LogP contribution in [0.1, 0.15) is 30.9 Å². The van der Waals surface area contributed by atoms with Gasteiger partial charge in [0, 0.05) is 16.7 Å². The predicted molar refractivity (Wildman–Crippen MR) is 82.7 cm³/mol. The van der Waals surface area contributed by atoms with Gasteiger partial charge in [0.1, 0.15) is 0 Å². The Kier molecular flexibility index (Phi) is 4.63. The zero-order valence-corrected chi connectivity index (χ0v) is 13.4. The largest absolute Gasteiger partial charge is 0.310 e. The van der Waals surface area contributed by atoms with E-state index in [0.717, 1.165) is 47.2 Å². The minimum Gasteiger partial charge on any atom is -0.310 e. The van der Waals surface area contributed by atoms with Crippen molar-refractivity contribution >= 4 is 27.5 Å². The van der Waals surface area contributed by atoms with Gasteiger partial charge in [0.2, 0.25) is 5.91 Å². The molecule has 1 fully saturated rings. The molecule has 1 saturated heterocycles. The second-order valence-electron chi connectivity index (χ2n) is 5.17. The number of hydrogen-bond acceptors (Lipinski definition) is 2. The summed E-state index contributed by atoms with van der Waals surface area (Å²) < 4.78 is 1.07. The van der Waals surface area contributed by atoms with Crippen LogP contribution in [0.15, 0.2) is 16.6 Å². The highest BCUT2D eigenvalue weighted by atomic mass is 79.9. The average Bonchev–Trinajstić information content (AvgIpc) is 2.68. The van der Waals surface area contributed by atoms with Crippen LogP contribution < -0.4 is 10.2 Å². The lowest BCUT2D eigenvalue weighted by atomic mass is 10.1. The number of carbonyl (C=O) groups excluding carboxylic acids is 1. The highest BCUT2D eigenvalue weighted by Crippen LogP contribution is 2.31. The highest BCUT2D eigenvalue weighted by molar-refractivity contribution is 9.10. The van der Waals surface area contributed by atoms with Crippen LogP contribution in [0.25, 0.3) is 0 Å². The first-order valence-corrected chi connectivity index (χ1v) is 7.65. The molecule has 1 aliphatic heterocycles. The van der Waals surface area contributed by atoms with E-state index in [1.165, 1.54) is 0 Å². The van der Waals surface area contributed by atoms with Gasteiger partial charge in [-0.3, -0.25) is 4.79 Å². The Hall–Kier alpha value is -0.870. The van der Waals surface area contributed by atoms with Gasteiger partial charge >= 0.3 is 0 Å². The Morgan fingerprint density at radius 2 is 2.00 bits per heavy atom. The van der Waals surface area contributed by atoms with Crippen molar-refractivity contribution in [3.05, 3.63) is 27.7 Å². The van der Waals surface area contributed by atoms with E-state index in [4.69, 9.17) is 0 Å². The van der Waals surface area contributed by atoms with Gasteiger partial charge < -0.3 is 10.2 Å². The van der Waals surface area contributed by atoms with E-state index in [-0.39, 0.29) is 11.9 Å². The van der Waals surface area contributed by atoms with Crippen LogP contribution in [0.4, 0.5) is 5.69 Å². The fourth-order valence-corrected chi connectivity index (χ4v) is 3.43. The van der Waals surface area contributed by atoms with E-state index in [9.17, 15) is 4.79 Å². The molecule has 0 radical (unpaired) electrons. The summed E-state index contributed by atoms with van der Waals surface area (Å²) in [5.41, 5.74) is 3.38. The van der Waals surface area contributed by atoms with Crippen LogP contribution in [-0.4, -0.2) is 25.0 Å². The summed E-state index contributed by atoms with van der Waals surface area (Å²) in [5.74, 6) is 0.210. The van der Waals surface area contributed by atoms with Crippen LogP contribution in [0.3, 0.4) is 0 Å². The van der Waals surface area contributed by atoms with E-state index in [2.05, 4.69) is 54.2 Å². The molecule has 19 heavy (non-hydrogen) atoms. The van der Waals surface area contributed by atoms with Crippen molar-refractivity contribution in [3.63, 3.8) is 0 Å². The molecule has 0 spiro atoms. The van der Waals surface area contributed by atoms with Crippen LogP contribution in [0, 0.1) is 13.8 Å². The summed E-state index contributed by atoms with van der Waals surface area (Å²) in [7, 11) is 0. The van der Waals surface area contributed by atoms with Gasteiger partial charge in [0.25, 0.3) is 0 Å². The minimum atomic E-state index is -0.0117. The zero-order chi connectivity index (χ0) is 14.0. The van der Waals surface area contributed by atoms with Crippen molar-refractivity contribution in [2.24, 2.45) is 0 Å². The van der Waals surface area contributed by atoms with Gasteiger partial charge in [-0.2, -0.15) is 0 Å². The molecule has 1 N–H and O–H groups in total. The lowest BCUT2D eigenvalue weighted by Crippen LogP contribution is -2.39. The summed E-state index contributed by atoms with van der Waals surface area (Å²) >= 11 is 3.50. The van der Waals surface area contributed by atoms with Gasteiger partial charge in [-0.05, 0) is 56.5 Å². The average molecular weight is 325 g/mol. The fourth-order valence-electron chi connectivity index (χ4n) is 2.74. The lowest BCUT2D eigenvalue weighted by molar-refractivity contribution is -0.118. The van der Waals surface area contributed by atoms with E-state index >= 15 is 0 Å². The Labute approximate surface area is 123 Å². The van der Waals surface area contributed by atoms with Crippen LogP contribution >= 0.6 is 15.9 Å². The molecule has 1 aromatic rings. The molecule has 4 heteroatoms. The Balaban J connectivity index is 2.22. The number of nitrogens with one attached hydrogen (secondary N) is 1. The standard InChI is InChI=1S/C15H21BrN2O/c1-4-6-17-13-5-7-18(15(13)19)14-10(2)8-12(16)9-11(14)3/h8-9,13,17H,4-7H2,1-3H3. The molecular formula is C15H21BrN2O. The lowest BCUT2D eigenvalue weighted by Gasteiger charge is -2.22. The highest BCUT2D eigenvalue weighted by Gasteiger charge is 2.33. The van der Waals surface area contributed by atoms with Gasteiger partial charge in [-0.15, -0.1) is 0 Å². The third-order valence-electron chi connectivity index (χ3n) is 3.57. The number of nitrogens with zero attached hydrogens (tertiary/aromatic N) is 1. The molecule has 3 nitrogen and oxygen atoms in total.